The van der Waals surface area contributed by atoms with Crippen molar-refractivity contribution in [2.75, 3.05) is 7.11 Å². The van der Waals surface area contributed by atoms with E-state index in [0.29, 0.717) is 0 Å². The van der Waals surface area contributed by atoms with Gasteiger partial charge < -0.3 is 4.74 Å². The Labute approximate surface area is 110 Å². The lowest BCUT2D eigenvalue weighted by molar-refractivity contribution is -0.384. The monoisotopic (exact) mass is 253 g/mol. The molecule has 2 rings (SSSR count). The fraction of sp³-hybridized carbons (Fsp3) is 0.0667. The van der Waals surface area contributed by atoms with E-state index in [2.05, 4.69) is 11.8 Å². The molecule has 0 heterocycles. The number of ether oxygens (including phenoxy) is 1. The Morgan fingerprint density at radius 1 is 1.05 bits per heavy atom. The van der Waals surface area contributed by atoms with Gasteiger partial charge in [0.1, 0.15) is 5.75 Å². The molecule has 0 amide bonds. The molecular weight excluding hydrogens is 242 g/mol. The van der Waals surface area contributed by atoms with Gasteiger partial charge in [-0.2, -0.15) is 0 Å². The fourth-order valence-corrected chi connectivity index (χ4v) is 1.51. The molecule has 0 N–H and O–H groups in total. The highest BCUT2D eigenvalue weighted by molar-refractivity contribution is 5.47. The number of benzene rings is 2. The second kappa shape index (κ2) is 5.69. The van der Waals surface area contributed by atoms with Gasteiger partial charge in [0.2, 0.25) is 0 Å². The number of nitro benzene ring substituents is 1. The zero-order chi connectivity index (χ0) is 13.7. The summed E-state index contributed by atoms with van der Waals surface area (Å²) in [5.41, 5.74) is 1.62. The first-order valence-corrected chi connectivity index (χ1v) is 5.59. The number of non-ortho nitro benzene ring substituents is 1. The first-order chi connectivity index (χ1) is 9.19. The molecule has 0 saturated heterocycles. The van der Waals surface area contributed by atoms with Gasteiger partial charge in [-0.25, -0.2) is 0 Å². The first kappa shape index (κ1) is 12.7. The van der Waals surface area contributed by atoms with Crippen LogP contribution in [0.4, 0.5) is 5.69 Å². The molecule has 0 radical (unpaired) electrons. The molecular formula is C15H11NO3. The maximum atomic E-state index is 10.5. The van der Waals surface area contributed by atoms with Gasteiger partial charge >= 0.3 is 0 Å². The number of methoxy groups -OCH3 is 1. The summed E-state index contributed by atoms with van der Waals surface area (Å²) in [6.07, 6.45) is 0. The highest BCUT2D eigenvalue weighted by Crippen LogP contribution is 2.13. The number of nitrogens with zero attached hydrogens (tertiary/aromatic N) is 1. The molecule has 4 nitrogen and oxygen atoms in total. The Morgan fingerprint density at radius 2 is 1.74 bits per heavy atom. The second-order valence-electron chi connectivity index (χ2n) is 3.79. The van der Waals surface area contributed by atoms with Crippen molar-refractivity contribution in [3.8, 4) is 17.6 Å². The van der Waals surface area contributed by atoms with E-state index in [-0.39, 0.29) is 5.69 Å². The minimum atomic E-state index is -0.431. The number of nitro groups is 1. The average Bonchev–Trinajstić information content (AvgIpc) is 2.46. The summed E-state index contributed by atoms with van der Waals surface area (Å²) < 4.78 is 5.11. The van der Waals surface area contributed by atoms with Crippen LogP contribution in [0.2, 0.25) is 0 Å². The van der Waals surface area contributed by atoms with Crippen molar-refractivity contribution >= 4 is 5.69 Å². The summed E-state index contributed by atoms with van der Waals surface area (Å²) in [4.78, 5) is 10.1. The van der Waals surface area contributed by atoms with Crippen LogP contribution in [-0.2, 0) is 0 Å². The van der Waals surface area contributed by atoms with Crippen LogP contribution >= 0.6 is 0 Å². The molecule has 0 aromatic heterocycles. The summed E-state index contributed by atoms with van der Waals surface area (Å²) >= 11 is 0. The lowest BCUT2D eigenvalue weighted by Crippen LogP contribution is -1.87. The summed E-state index contributed by atoms with van der Waals surface area (Å²) in [6.45, 7) is 0. The normalized spacial score (nSPS) is 9.32. The van der Waals surface area contributed by atoms with E-state index in [1.807, 2.05) is 24.3 Å². The minimum absolute atomic E-state index is 0.0620. The standard InChI is InChI=1S/C15H11NO3/c1-19-15-4-2-3-13(11-15)6-5-12-7-9-14(10-8-12)16(17)18/h2-4,7-11H,1H3. The van der Waals surface area contributed by atoms with Crippen molar-refractivity contribution in [1.82, 2.24) is 0 Å². The maximum Gasteiger partial charge on any atom is 0.269 e. The van der Waals surface area contributed by atoms with Gasteiger partial charge in [-0.1, -0.05) is 17.9 Å². The first-order valence-electron chi connectivity index (χ1n) is 5.59. The van der Waals surface area contributed by atoms with E-state index in [0.717, 1.165) is 16.9 Å². The predicted molar refractivity (Wildman–Crippen MR) is 72.1 cm³/mol. The van der Waals surface area contributed by atoms with Crippen LogP contribution in [0.1, 0.15) is 11.1 Å². The van der Waals surface area contributed by atoms with E-state index in [1.54, 1.807) is 19.2 Å². The molecule has 94 valence electrons. The largest absolute Gasteiger partial charge is 0.497 e. The van der Waals surface area contributed by atoms with Crippen LogP contribution in [0, 0.1) is 22.0 Å². The topological polar surface area (TPSA) is 52.4 Å². The molecule has 0 saturated carbocycles. The summed E-state index contributed by atoms with van der Waals surface area (Å²) in [5, 5.41) is 10.5. The molecule has 0 spiro atoms. The Morgan fingerprint density at radius 3 is 2.37 bits per heavy atom. The molecule has 19 heavy (non-hydrogen) atoms. The zero-order valence-corrected chi connectivity index (χ0v) is 10.3. The lowest BCUT2D eigenvalue weighted by atomic mass is 10.1. The summed E-state index contributed by atoms with van der Waals surface area (Å²) in [6, 6.07) is 13.6. The van der Waals surface area contributed by atoms with Crippen molar-refractivity contribution in [3.63, 3.8) is 0 Å². The van der Waals surface area contributed by atoms with Gasteiger partial charge in [-0.3, -0.25) is 10.1 Å². The Bertz CT molecular complexity index is 651. The lowest BCUT2D eigenvalue weighted by Gasteiger charge is -1.98. The Kier molecular flexibility index (Phi) is 3.79. The van der Waals surface area contributed by atoms with Gasteiger partial charge in [0.05, 0.1) is 12.0 Å². The van der Waals surface area contributed by atoms with Gasteiger partial charge in [0.15, 0.2) is 0 Å². The third kappa shape index (κ3) is 3.33. The molecule has 4 heteroatoms. The van der Waals surface area contributed by atoms with Crippen molar-refractivity contribution in [2.45, 2.75) is 0 Å². The van der Waals surface area contributed by atoms with Crippen LogP contribution in [-0.4, -0.2) is 12.0 Å². The molecule has 0 unspecified atom stereocenters. The molecule has 0 fully saturated rings. The van der Waals surface area contributed by atoms with Crippen molar-refractivity contribution in [2.24, 2.45) is 0 Å². The maximum absolute atomic E-state index is 10.5. The summed E-state index contributed by atoms with van der Waals surface area (Å²) in [7, 11) is 1.60. The number of hydrogen-bond donors (Lipinski definition) is 0. The van der Waals surface area contributed by atoms with Crippen molar-refractivity contribution in [1.29, 1.82) is 0 Å². The van der Waals surface area contributed by atoms with E-state index in [9.17, 15) is 10.1 Å². The van der Waals surface area contributed by atoms with Gasteiger partial charge in [0, 0.05) is 23.3 Å². The number of rotatable bonds is 2. The molecule has 0 bridgehead atoms. The average molecular weight is 253 g/mol. The van der Waals surface area contributed by atoms with E-state index in [4.69, 9.17) is 4.74 Å². The van der Waals surface area contributed by atoms with Gasteiger partial charge in [-0.15, -0.1) is 0 Å². The quantitative estimate of drug-likeness (QED) is 0.469. The number of hydrogen-bond acceptors (Lipinski definition) is 3. The molecule has 0 aliphatic carbocycles. The minimum Gasteiger partial charge on any atom is -0.497 e. The molecule has 0 aliphatic heterocycles. The van der Waals surface area contributed by atoms with Crippen LogP contribution < -0.4 is 4.74 Å². The SMILES string of the molecule is COc1cccc(C#Cc2ccc([N+](=O)[O-])cc2)c1. The molecule has 0 aliphatic rings. The zero-order valence-electron chi connectivity index (χ0n) is 10.3. The predicted octanol–water partition coefficient (Wildman–Crippen LogP) is 3.00. The van der Waals surface area contributed by atoms with Gasteiger partial charge in [-0.05, 0) is 30.3 Å². The third-order valence-electron chi connectivity index (χ3n) is 2.50. The Balaban J connectivity index is 2.21. The third-order valence-corrected chi connectivity index (χ3v) is 2.50. The molecule has 0 atom stereocenters. The van der Waals surface area contributed by atoms with Crippen LogP contribution in [0.5, 0.6) is 5.75 Å². The highest BCUT2D eigenvalue weighted by atomic mass is 16.6. The van der Waals surface area contributed by atoms with Gasteiger partial charge in [0.25, 0.3) is 5.69 Å². The Hall–Kier alpha value is -2.80. The molecule has 2 aromatic rings. The van der Waals surface area contributed by atoms with E-state index < -0.39 is 4.92 Å². The highest BCUT2D eigenvalue weighted by Gasteiger charge is 2.02. The van der Waals surface area contributed by atoms with Crippen molar-refractivity contribution < 1.29 is 9.66 Å². The van der Waals surface area contributed by atoms with Crippen molar-refractivity contribution in [3.05, 3.63) is 69.8 Å². The van der Waals surface area contributed by atoms with Crippen LogP contribution in [0.15, 0.2) is 48.5 Å². The second-order valence-corrected chi connectivity index (χ2v) is 3.79. The van der Waals surface area contributed by atoms with Crippen LogP contribution in [0.25, 0.3) is 0 Å². The van der Waals surface area contributed by atoms with Crippen LogP contribution in [0.3, 0.4) is 0 Å². The molecule has 2 aromatic carbocycles. The van der Waals surface area contributed by atoms with E-state index in [1.165, 1.54) is 12.1 Å². The fourth-order valence-electron chi connectivity index (χ4n) is 1.51. The smallest absolute Gasteiger partial charge is 0.269 e. The van der Waals surface area contributed by atoms with E-state index >= 15 is 0 Å². The summed E-state index contributed by atoms with van der Waals surface area (Å²) in [5.74, 6) is 6.68.